The number of piperidine rings is 1. The third kappa shape index (κ3) is 4.06. The number of amides is 1. The van der Waals surface area contributed by atoms with Crippen LogP contribution in [0.25, 0.3) is 0 Å². The van der Waals surface area contributed by atoms with Crippen molar-refractivity contribution in [2.75, 3.05) is 13.1 Å². The lowest BCUT2D eigenvalue weighted by Crippen LogP contribution is -2.48. The molecule has 0 saturated carbocycles. The minimum absolute atomic E-state index is 0.0100. The first-order valence-electron chi connectivity index (χ1n) is 7.25. The van der Waals surface area contributed by atoms with Gasteiger partial charge in [0.1, 0.15) is 0 Å². The van der Waals surface area contributed by atoms with E-state index in [4.69, 9.17) is 0 Å². The summed E-state index contributed by atoms with van der Waals surface area (Å²) in [5, 5.41) is 6.22. The Bertz CT molecular complexity index is 413. The monoisotopic (exact) mass is 260 g/mol. The van der Waals surface area contributed by atoms with Crippen LogP contribution >= 0.6 is 0 Å². The molecule has 2 N–H and O–H groups in total. The summed E-state index contributed by atoms with van der Waals surface area (Å²) in [6, 6.07) is 8.73. The summed E-state index contributed by atoms with van der Waals surface area (Å²) in [6.07, 6.45) is 3.18. The third-order valence-corrected chi connectivity index (χ3v) is 3.82. The summed E-state index contributed by atoms with van der Waals surface area (Å²) in [6.45, 7) is 5.72. The maximum atomic E-state index is 11.9. The van der Waals surface area contributed by atoms with Crippen LogP contribution in [0, 0.1) is 12.8 Å². The molecule has 1 aliphatic heterocycles. The Morgan fingerprint density at radius 1 is 1.37 bits per heavy atom. The predicted octanol–water partition coefficient (Wildman–Crippen LogP) is 2.04. The van der Waals surface area contributed by atoms with E-state index in [-0.39, 0.29) is 11.9 Å². The Morgan fingerprint density at radius 2 is 2.11 bits per heavy atom. The highest BCUT2D eigenvalue weighted by Crippen LogP contribution is 2.21. The Hall–Kier alpha value is -1.35. The summed E-state index contributed by atoms with van der Waals surface area (Å²) in [5.41, 5.74) is 2.68. The van der Waals surface area contributed by atoms with Gasteiger partial charge in [0.15, 0.2) is 0 Å². The van der Waals surface area contributed by atoms with Crippen LogP contribution in [0.3, 0.4) is 0 Å². The lowest BCUT2D eigenvalue weighted by Gasteiger charge is -2.29. The first-order valence-corrected chi connectivity index (χ1v) is 7.25. The second-order valence-electron chi connectivity index (χ2n) is 5.48. The molecule has 2 atom stereocenters. The smallest absolute Gasteiger partial charge is 0.237 e. The van der Waals surface area contributed by atoms with E-state index < -0.39 is 0 Å². The molecular weight excluding hydrogens is 236 g/mol. The number of rotatable bonds is 4. The molecule has 1 heterocycles. The quantitative estimate of drug-likeness (QED) is 0.870. The average Bonchev–Trinajstić information content (AvgIpc) is 2.42. The molecule has 1 saturated heterocycles. The zero-order valence-corrected chi connectivity index (χ0v) is 11.9. The van der Waals surface area contributed by atoms with Crippen molar-refractivity contribution in [2.45, 2.75) is 39.2 Å². The van der Waals surface area contributed by atoms with Gasteiger partial charge in [-0.05, 0) is 51.1 Å². The molecule has 0 bridgehead atoms. The van der Waals surface area contributed by atoms with Gasteiger partial charge in [-0.3, -0.25) is 4.79 Å². The van der Waals surface area contributed by atoms with Crippen LogP contribution in [0.15, 0.2) is 24.3 Å². The maximum absolute atomic E-state index is 11.9. The summed E-state index contributed by atoms with van der Waals surface area (Å²) < 4.78 is 0. The molecule has 0 spiro atoms. The molecule has 19 heavy (non-hydrogen) atoms. The van der Waals surface area contributed by atoms with Crippen LogP contribution in [-0.4, -0.2) is 25.0 Å². The van der Waals surface area contributed by atoms with E-state index in [1.165, 1.54) is 11.1 Å². The molecule has 1 aromatic carbocycles. The van der Waals surface area contributed by atoms with Crippen molar-refractivity contribution in [1.29, 1.82) is 0 Å². The van der Waals surface area contributed by atoms with Gasteiger partial charge in [-0.25, -0.2) is 0 Å². The summed E-state index contributed by atoms with van der Waals surface area (Å²) >= 11 is 0. The highest BCUT2D eigenvalue weighted by atomic mass is 16.2. The number of likely N-dealkylation sites (N-methyl/N-ethyl adjacent to an activating group) is 1. The normalized spacial score (nSPS) is 23.1. The fraction of sp³-hybridized carbons (Fsp3) is 0.562. The number of hydrogen-bond donors (Lipinski definition) is 2. The highest BCUT2D eigenvalue weighted by Gasteiger charge is 2.26. The molecule has 1 fully saturated rings. The number of carbonyl (C=O) groups is 1. The molecule has 2 rings (SSSR count). The van der Waals surface area contributed by atoms with E-state index >= 15 is 0 Å². The molecule has 1 aliphatic rings. The van der Waals surface area contributed by atoms with Gasteiger partial charge in [-0.1, -0.05) is 29.8 Å². The summed E-state index contributed by atoms with van der Waals surface area (Å²) in [4.78, 5) is 11.9. The fourth-order valence-electron chi connectivity index (χ4n) is 2.74. The number of aryl methyl sites for hydroxylation is 1. The number of benzene rings is 1. The van der Waals surface area contributed by atoms with Crippen LogP contribution in [0.1, 0.15) is 30.9 Å². The molecule has 0 aliphatic carbocycles. The Labute approximate surface area is 115 Å². The van der Waals surface area contributed by atoms with Crippen molar-refractivity contribution in [1.82, 2.24) is 10.6 Å². The maximum Gasteiger partial charge on any atom is 0.237 e. The second kappa shape index (κ2) is 6.71. The Morgan fingerprint density at radius 3 is 2.79 bits per heavy atom. The summed E-state index contributed by atoms with van der Waals surface area (Å²) in [7, 11) is 0. The van der Waals surface area contributed by atoms with Crippen LogP contribution in [0.4, 0.5) is 0 Å². The molecule has 104 valence electrons. The topological polar surface area (TPSA) is 41.1 Å². The van der Waals surface area contributed by atoms with E-state index in [2.05, 4.69) is 41.8 Å². The van der Waals surface area contributed by atoms with Crippen molar-refractivity contribution in [2.24, 2.45) is 5.92 Å². The minimum Gasteiger partial charge on any atom is -0.355 e. The second-order valence-corrected chi connectivity index (χ2v) is 5.48. The van der Waals surface area contributed by atoms with Gasteiger partial charge >= 0.3 is 0 Å². The largest absolute Gasteiger partial charge is 0.355 e. The van der Waals surface area contributed by atoms with Gasteiger partial charge in [-0.2, -0.15) is 0 Å². The third-order valence-electron chi connectivity index (χ3n) is 3.82. The number of nitrogens with one attached hydrogen (secondary N) is 2. The van der Waals surface area contributed by atoms with Crippen molar-refractivity contribution < 1.29 is 4.79 Å². The van der Waals surface area contributed by atoms with Gasteiger partial charge in [-0.15, -0.1) is 0 Å². The van der Waals surface area contributed by atoms with Gasteiger partial charge in [0.25, 0.3) is 0 Å². The standard InChI is InChI=1S/C16H24N2O/c1-3-17-16(19)15-11-14(8-9-18-15)10-13-6-4-12(2)5-7-13/h4-7,14-15,18H,3,8-11H2,1-2H3,(H,17,19). The fourth-order valence-corrected chi connectivity index (χ4v) is 2.74. The number of carbonyl (C=O) groups excluding carboxylic acids is 1. The van der Waals surface area contributed by atoms with Gasteiger partial charge < -0.3 is 10.6 Å². The lowest BCUT2D eigenvalue weighted by atomic mass is 9.86. The SMILES string of the molecule is CCNC(=O)C1CC(Cc2ccc(C)cc2)CCN1. The molecule has 3 heteroatoms. The Kier molecular flexibility index (Phi) is 4.97. The van der Waals surface area contributed by atoms with Crippen molar-refractivity contribution in [3.05, 3.63) is 35.4 Å². The van der Waals surface area contributed by atoms with E-state index in [9.17, 15) is 4.79 Å². The summed E-state index contributed by atoms with van der Waals surface area (Å²) in [5.74, 6) is 0.757. The zero-order chi connectivity index (χ0) is 13.7. The lowest BCUT2D eigenvalue weighted by molar-refractivity contribution is -0.123. The molecule has 0 aromatic heterocycles. The van der Waals surface area contributed by atoms with Crippen molar-refractivity contribution >= 4 is 5.91 Å². The van der Waals surface area contributed by atoms with Gasteiger partial charge in [0, 0.05) is 6.54 Å². The van der Waals surface area contributed by atoms with Crippen LogP contribution < -0.4 is 10.6 Å². The van der Waals surface area contributed by atoms with Gasteiger partial charge in [0.05, 0.1) is 6.04 Å². The Balaban J connectivity index is 1.90. The number of hydrogen-bond acceptors (Lipinski definition) is 2. The molecule has 1 aromatic rings. The van der Waals surface area contributed by atoms with E-state index in [1.54, 1.807) is 0 Å². The molecular formula is C16H24N2O. The van der Waals surface area contributed by atoms with E-state index in [0.717, 1.165) is 25.8 Å². The zero-order valence-electron chi connectivity index (χ0n) is 11.9. The first kappa shape index (κ1) is 14.1. The first-order chi connectivity index (χ1) is 9.19. The minimum atomic E-state index is -0.0100. The molecule has 1 amide bonds. The molecule has 0 radical (unpaired) electrons. The highest BCUT2D eigenvalue weighted by molar-refractivity contribution is 5.81. The van der Waals surface area contributed by atoms with Crippen LogP contribution in [0.5, 0.6) is 0 Å². The van der Waals surface area contributed by atoms with Gasteiger partial charge in [0.2, 0.25) is 5.91 Å². The molecule has 3 nitrogen and oxygen atoms in total. The average molecular weight is 260 g/mol. The van der Waals surface area contributed by atoms with E-state index in [0.29, 0.717) is 12.5 Å². The van der Waals surface area contributed by atoms with Crippen LogP contribution in [0.2, 0.25) is 0 Å². The van der Waals surface area contributed by atoms with Crippen molar-refractivity contribution in [3.63, 3.8) is 0 Å². The van der Waals surface area contributed by atoms with Crippen molar-refractivity contribution in [3.8, 4) is 0 Å². The molecule has 2 unspecified atom stereocenters. The predicted molar refractivity (Wildman–Crippen MR) is 78.1 cm³/mol. The van der Waals surface area contributed by atoms with E-state index in [1.807, 2.05) is 6.92 Å². The van der Waals surface area contributed by atoms with Crippen LogP contribution in [-0.2, 0) is 11.2 Å².